The molecule has 1 rings (SSSR count). The monoisotopic (exact) mass is 292 g/mol. The topological polar surface area (TPSA) is 107 Å². The summed E-state index contributed by atoms with van der Waals surface area (Å²) in [4.78, 5) is 28.0. The van der Waals surface area contributed by atoms with Crippen molar-refractivity contribution in [1.29, 1.82) is 5.26 Å². The first-order valence-electron chi connectivity index (χ1n) is 6.69. The van der Waals surface area contributed by atoms with Gasteiger partial charge >= 0.3 is 11.7 Å². The highest BCUT2D eigenvalue weighted by atomic mass is 16.5. The molecule has 21 heavy (non-hydrogen) atoms. The smallest absolute Gasteiger partial charge is 0.453 e. The lowest BCUT2D eigenvalue weighted by Crippen LogP contribution is -2.63. The Morgan fingerprint density at radius 2 is 1.76 bits per heavy atom. The third-order valence-electron chi connectivity index (χ3n) is 3.65. The van der Waals surface area contributed by atoms with Gasteiger partial charge in [-0.1, -0.05) is 0 Å². The van der Waals surface area contributed by atoms with E-state index in [0.717, 1.165) is 0 Å². The van der Waals surface area contributed by atoms with E-state index in [1.807, 2.05) is 27.7 Å². The third-order valence-corrected chi connectivity index (χ3v) is 3.65. The summed E-state index contributed by atoms with van der Waals surface area (Å²) in [5.41, 5.74) is 6.91. The molecule has 0 aliphatic carbocycles. The molecule has 0 unspecified atom stereocenters. The summed E-state index contributed by atoms with van der Waals surface area (Å²) in [5, 5.41) is 8.65. The number of rotatable bonds is 2. The van der Waals surface area contributed by atoms with Gasteiger partial charge in [0.1, 0.15) is 6.10 Å². The SMILES string of the molecule is CC(=O)N1C(C)(C)CC(OC(=O)C(C#N)=[N+]=[N-])CC1(C)C. The highest BCUT2D eigenvalue weighted by molar-refractivity contribution is 6.40. The molecule has 0 radical (unpaired) electrons. The Hall–Kier alpha value is -2.19. The maximum atomic E-state index is 11.9. The molecule has 1 amide bonds. The zero-order valence-electron chi connectivity index (χ0n) is 13.0. The van der Waals surface area contributed by atoms with E-state index < -0.39 is 28.9 Å². The van der Waals surface area contributed by atoms with Gasteiger partial charge in [0.15, 0.2) is 6.07 Å². The van der Waals surface area contributed by atoms with E-state index >= 15 is 0 Å². The summed E-state index contributed by atoms with van der Waals surface area (Å²) in [7, 11) is 0. The van der Waals surface area contributed by atoms with Crippen molar-refractivity contribution in [3.63, 3.8) is 0 Å². The van der Waals surface area contributed by atoms with Gasteiger partial charge in [0.05, 0.1) is 0 Å². The number of carbonyl (C=O) groups is 2. The van der Waals surface area contributed by atoms with Gasteiger partial charge in [-0.2, -0.15) is 5.26 Å². The van der Waals surface area contributed by atoms with E-state index in [4.69, 9.17) is 15.5 Å². The standard InChI is InChI=1S/C14H20N4O3/c1-9(19)18-13(2,3)6-10(7-14(18,4)5)21-12(20)11(8-15)17-16/h10H,6-7H2,1-5H3. The Labute approximate surface area is 124 Å². The first-order chi connectivity index (χ1) is 9.55. The predicted octanol–water partition coefficient (Wildman–Crippen LogP) is 1.29. The lowest BCUT2D eigenvalue weighted by atomic mass is 9.78. The maximum absolute atomic E-state index is 11.9. The van der Waals surface area contributed by atoms with E-state index in [9.17, 15) is 9.59 Å². The van der Waals surface area contributed by atoms with E-state index in [0.29, 0.717) is 12.8 Å². The van der Waals surface area contributed by atoms with E-state index in [-0.39, 0.29) is 5.91 Å². The minimum absolute atomic E-state index is 0.0376. The number of hydrogen-bond donors (Lipinski definition) is 0. The van der Waals surface area contributed by atoms with Gasteiger partial charge in [-0.3, -0.25) is 4.79 Å². The van der Waals surface area contributed by atoms with Gasteiger partial charge in [0.25, 0.3) is 0 Å². The molecule has 7 nitrogen and oxygen atoms in total. The van der Waals surface area contributed by atoms with Crippen molar-refractivity contribution in [2.24, 2.45) is 0 Å². The van der Waals surface area contributed by atoms with Crippen LogP contribution in [0.1, 0.15) is 47.5 Å². The van der Waals surface area contributed by atoms with E-state index in [2.05, 4.69) is 4.79 Å². The minimum atomic E-state index is -0.951. The van der Waals surface area contributed by atoms with E-state index in [1.165, 1.54) is 13.0 Å². The quantitative estimate of drug-likeness (QED) is 0.331. The molecule has 0 atom stereocenters. The van der Waals surface area contributed by atoms with Crippen LogP contribution >= 0.6 is 0 Å². The second kappa shape index (κ2) is 5.66. The summed E-state index contributed by atoms with van der Waals surface area (Å²) < 4.78 is 5.24. The number of amides is 1. The van der Waals surface area contributed by atoms with Gasteiger partial charge in [-0.25, -0.2) is 4.79 Å². The Kier molecular flexibility index (Phi) is 4.55. The normalized spacial score (nSPS) is 20.1. The maximum Gasteiger partial charge on any atom is 0.475 e. The molecule has 0 spiro atoms. The molecule has 0 saturated carbocycles. The van der Waals surface area contributed by atoms with Crippen molar-refractivity contribution in [1.82, 2.24) is 4.90 Å². The van der Waals surface area contributed by atoms with Gasteiger partial charge in [-0.15, -0.1) is 4.79 Å². The van der Waals surface area contributed by atoms with Gasteiger partial charge in [0, 0.05) is 30.8 Å². The van der Waals surface area contributed by atoms with Gasteiger partial charge in [-0.05, 0) is 27.7 Å². The van der Waals surface area contributed by atoms with Crippen LogP contribution < -0.4 is 0 Å². The molecular formula is C14H20N4O3. The summed E-state index contributed by atoms with van der Waals surface area (Å²) in [5.74, 6) is -0.989. The second-order valence-electron chi connectivity index (χ2n) is 6.48. The second-order valence-corrected chi connectivity index (χ2v) is 6.48. The van der Waals surface area contributed by atoms with E-state index in [1.54, 1.807) is 4.90 Å². The molecule has 0 aromatic carbocycles. The Balaban J connectivity index is 2.97. The molecule has 1 heterocycles. The fourth-order valence-electron chi connectivity index (χ4n) is 3.44. The number of nitriles is 1. The molecule has 7 heteroatoms. The van der Waals surface area contributed by atoms with Crippen LogP contribution in [0.15, 0.2) is 0 Å². The largest absolute Gasteiger partial charge is 0.475 e. The number of ether oxygens (including phenoxy) is 1. The summed E-state index contributed by atoms with van der Waals surface area (Å²) >= 11 is 0. The lowest BCUT2D eigenvalue weighted by molar-refractivity contribution is -0.164. The fourth-order valence-corrected chi connectivity index (χ4v) is 3.44. The highest BCUT2D eigenvalue weighted by Crippen LogP contribution is 2.39. The minimum Gasteiger partial charge on any atom is -0.453 e. The van der Waals surface area contributed by atoms with Crippen LogP contribution in [-0.2, 0) is 14.3 Å². The van der Waals surface area contributed by atoms with Crippen molar-refractivity contribution in [3.8, 4) is 6.07 Å². The average Bonchev–Trinajstić information content (AvgIpc) is 2.25. The van der Waals surface area contributed by atoms with Crippen LogP contribution in [0.3, 0.4) is 0 Å². The van der Waals surface area contributed by atoms with Crippen LogP contribution in [-0.4, -0.2) is 44.5 Å². The number of hydrogen-bond acceptors (Lipinski definition) is 4. The van der Waals surface area contributed by atoms with Crippen molar-refractivity contribution in [3.05, 3.63) is 5.53 Å². The number of nitrogens with zero attached hydrogens (tertiary/aromatic N) is 4. The summed E-state index contributed by atoms with van der Waals surface area (Å²) in [6.07, 6.45) is 0.445. The Morgan fingerprint density at radius 3 is 2.10 bits per heavy atom. The van der Waals surface area contributed by atoms with Gasteiger partial charge < -0.3 is 15.2 Å². The number of carbonyl (C=O) groups excluding carboxylic acids is 2. The van der Waals surface area contributed by atoms with Crippen molar-refractivity contribution in [2.75, 3.05) is 0 Å². The molecule has 1 aliphatic rings. The van der Waals surface area contributed by atoms with Crippen LogP contribution in [0.25, 0.3) is 5.53 Å². The van der Waals surface area contributed by atoms with Crippen molar-refractivity contribution >= 4 is 17.6 Å². The Bertz CT molecular complexity index is 535. The summed E-state index contributed by atoms with van der Waals surface area (Å²) in [6.45, 7) is 9.13. The number of esters is 1. The molecular weight excluding hydrogens is 272 g/mol. The zero-order chi connectivity index (χ0) is 16.4. The first-order valence-corrected chi connectivity index (χ1v) is 6.69. The third kappa shape index (κ3) is 3.47. The first kappa shape index (κ1) is 16.9. The van der Waals surface area contributed by atoms with Crippen LogP contribution in [0.4, 0.5) is 0 Å². The molecule has 0 N–H and O–H groups in total. The molecule has 0 bridgehead atoms. The summed E-state index contributed by atoms with van der Waals surface area (Å²) in [6, 6.07) is 1.47. The average molecular weight is 292 g/mol. The molecule has 114 valence electrons. The van der Waals surface area contributed by atoms with Crippen molar-refractivity contribution < 1.29 is 19.1 Å². The molecule has 1 aliphatic heterocycles. The Morgan fingerprint density at radius 1 is 1.29 bits per heavy atom. The fraction of sp³-hybridized carbons (Fsp3) is 0.714. The zero-order valence-corrected chi connectivity index (χ0v) is 13.0. The van der Waals surface area contributed by atoms with Gasteiger partial charge in [0.2, 0.25) is 5.91 Å². The molecule has 1 saturated heterocycles. The molecule has 0 aromatic heterocycles. The predicted molar refractivity (Wildman–Crippen MR) is 74.0 cm³/mol. The number of piperidine rings is 1. The highest BCUT2D eigenvalue weighted by Gasteiger charge is 2.48. The van der Waals surface area contributed by atoms with Crippen molar-refractivity contribution in [2.45, 2.75) is 64.6 Å². The number of likely N-dealkylation sites (tertiary alicyclic amines) is 1. The molecule has 1 fully saturated rings. The van der Waals surface area contributed by atoms with Crippen LogP contribution in [0.5, 0.6) is 0 Å². The van der Waals surface area contributed by atoms with Crippen LogP contribution in [0, 0.1) is 11.3 Å². The van der Waals surface area contributed by atoms with Crippen LogP contribution in [0.2, 0.25) is 0 Å². The molecule has 0 aromatic rings. The lowest BCUT2D eigenvalue weighted by Gasteiger charge is -2.54.